The van der Waals surface area contributed by atoms with Crippen molar-refractivity contribution in [2.24, 2.45) is 0 Å². The summed E-state index contributed by atoms with van der Waals surface area (Å²) in [6, 6.07) is 7.29. The molecule has 1 aliphatic heterocycles. The fraction of sp³-hybridized carbons (Fsp3) is 0.625. The summed E-state index contributed by atoms with van der Waals surface area (Å²) < 4.78 is 5.36. The van der Waals surface area contributed by atoms with Gasteiger partial charge in [-0.1, -0.05) is 6.07 Å². The molecule has 0 amide bonds. The first kappa shape index (κ1) is 12.9. The Morgan fingerprint density at radius 2 is 2.16 bits per heavy atom. The van der Waals surface area contributed by atoms with Crippen LogP contribution in [0.15, 0.2) is 18.2 Å². The summed E-state index contributed by atoms with van der Waals surface area (Å²) in [6.07, 6.45) is 4.99. The van der Waals surface area contributed by atoms with Gasteiger partial charge in [-0.2, -0.15) is 0 Å². The smallest absolute Gasteiger partial charge is 0.119 e. The minimum Gasteiger partial charge on any atom is -0.497 e. The summed E-state index contributed by atoms with van der Waals surface area (Å²) in [5.41, 5.74) is 3.01. The van der Waals surface area contributed by atoms with Gasteiger partial charge in [0.05, 0.1) is 7.11 Å². The molecular formula is C16H24N2O. The molecule has 1 saturated heterocycles. The minimum atomic E-state index is 0.722. The van der Waals surface area contributed by atoms with Crippen molar-refractivity contribution in [3.63, 3.8) is 0 Å². The van der Waals surface area contributed by atoms with Crippen LogP contribution in [-0.4, -0.2) is 44.2 Å². The minimum absolute atomic E-state index is 0.722. The molecule has 19 heavy (non-hydrogen) atoms. The summed E-state index contributed by atoms with van der Waals surface area (Å²) in [4.78, 5) is 2.68. The van der Waals surface area contributed by atoms with Crippen molar-refractivity contribution < 1.29 is 4.74 Å². The van der Waals surface area contributed by atoms with Gasteiger partial charge in [-0.3, -0.25) is 4.90 Å². The molecule has 0 spiro atoms. The van der Waals surface area contributed by atoms with E-state index in [1.807, 2.05) is 0 Å². The number of nitrogens with zero attached hydrogens (tertiary/aromatic N) is 1. The third-order valence-corrected chi connectivity index (χ3v) is 4.51. The Morgan fingerprint density at radius 3 is 3.05 bits per heavy atom. The van der Waals surface area contributed by atoms with E-state index < -0.39 is 0 Å². The highest BCUT2D eigenvalue weighted by atomic mass is 16.5. The molecule has 0 unspecified atom stereocenters. The van der Waals surface area contributed by atoms with Crippen molar-refractivity contribution in [3.8, 4) is 5.75 Å². The van der Waals surface area contributed by atoms with Crippen LogP contribution >= 0.6 is 0 Å². The lowest BCUT2D eigenvalue weighted by Gasteiger charge is -2.34. The number of hydrogen-bond acceptors (Lipinski definition) is 3. The number of fused-ring (bicyclic) bond motifs is 1. The molecule has 1 atom stereocenters. The van der Waals surface area contributed by atoms with Crippen LogP contribution in [0.1, 0.15) is 24.0 Å². The molecule has 1 fully saturated rings. The van der Waals surface area contributed by atoms with Crippen molar-refractivity contribution in [2.45, 2.75) is 31.7 Å². The van der Waals surface area contributed by atoms with E-state index in [0.717, 1.165) is 18.3 Å². The number of rotatable bonds is 2. The van der Waals surface area contributed by atoms with Gasteiger partial charge in [-0.25, -0.2) is 0 Å². The van der Waals surface area contributed by atoms with Crippen LogP contribution in [-0.2, 0) is 12.8 Å². The van der Waals surface area contributed by atoms with Crippen molar-refractivity contribution in [1.29, 1.82) is 0 Å². The zero-order valence-corrected chi connectivity index (χ0v) is 11.8. The predicted molar refractivity (Wildman–Crippen MR) is 77.9 cm³/mol. The Morgan fingerprint density at radius 1 is 1.21 bits per heavy atom. The first-order valence-electron chi connectivity index (χ1n) is 7.47. The molecule has 1 N–H and O–H groups in total. The second-order valence-electron chi connectivity index (χ2n) is 5.67. The highest BCUT2D eigenvalue weighted by Crippen LogP contribution is 2.28. The van der Waals surface area contributed by atoms with E-state index in [4.69, 9.17) is 4.74 Å². The van der Waals surface area contributed by atoms with Gasteiger partial charge < -0.3 is 10.1 Å². The number of methoxy groups -OCH3 is 1. The van der Waals surface area contributed by atoms with E-state index in [9.17, 15) is 0 Å². The lowest BCUT2D eigenvalue weighted by Crippen LogP contribution is -2.41. The van der Waals surface area contributed by atoms with Crippen LogP contribution in [0.25, 0.3) is 0 Å². The Bertz CT molecular complexity index is 425. The molecule has 0 radical (unpaired) electrons. The third-order valence-electron chi connectivity index (χ3n) is 4.51. The van der Waals surface area contributed by atoms with Gasteiger partial charge in [0.1, 0.15) is 5.75 Å². The Kier molecular flexibility index (Phi) is 4.04. The fourth-order valence-electron chi connectivity index (χ4n) is 3.38. The molecule has 1 aliphatic carbocycles. The number of hydrogen-bond donors (Lipinski definition) is 1. The van der Waals surface area contributed by atoms with Crippen molar-refractivity contribution >= 4 is 0 Å². The molecule has 3 heteroatoms. The SMILES string of the molecule is COc1ccc2c(c1)C[C@@H](N1CCCNCC1)CC2. The second-order valence-corrected chi connectivity index (χ2v) is 5.67. The molecule has 3 nitrogen and oxygen atoms in total. The van der Waals surface area contributed by atoms with E-state index in [-0.39, 0.29) is 0 Å². The van der Waals surface area contributed by atoms with Gasteiger partial charge in [-0.05, 0) is 62.0 Å². The van der Waals surface area contributed by atoms with Gasteiger partial charge in [0, 0.05) is 19.1 Å². The summed E-state index contributed by atoms with van der Waals surface area (Å²) in [5.74, 6) is 0.997. The molecule has 2 aliphatic rings. The largest absolute Gasteiger partial charge is 0.497 e. The van der Waals surface area contributed by atoms with Crippen LogP contribution in [0.2, 0.25) is 0 Å². The zero-order valence-electron chi connectivity index (χ0n) is 11.8. The Labute approximate surface area is 115 Å². The predicted octanol–water partition coefficient (Wildman–Crippen LogP) is 1.85. The molecule has 1 aromatic rings. The van der Waals surface area contributed by atoms with E-state index in [0.29, 0.717) is 0 Å². The highest BCUT2D eigenvalue weighted by molar-refractivity contribution is 5.37. The van der Waals surface area contributed by atoms with E-state index in [1.165, 1.54) is 56.4 Å². The van der Waals surface area contributed by atoms with E-state index in [2.05, 4.69) is 28.4 Å². The molecule has 1 heterocycles. The summed E-state index contributed by atoms with van der Waals surface area (Å²) >= 11 is 0. The zero-order chi connectivity index (χ0) is 13.1. The van der Waals surface area contributed by atoms with Crippen molar-refractivity contribution in [2.75, 3.05) is 33.3 Å². The molecule has 1 aromatic carbocycles. The average Bonchev–Trinajstić information content (AvgIpc) is 2.75. The van der Waals surface area contributed by atoms with Gasteiger partial charge in [0.15, 0.2) is 0 Å². The monoisotopic (exact) mass is 260 g/mol. The molecule has 104 valence electrons. The maximum atomic E-state index is 5.36. The normalized spacial score (nSPS) is 24.6. The average molecular weight is 260 g/mol. The van der Waals surface area contributed by atoms with Crippen LogP contribution < -0.4 is 10.1 Å². The molecule has 0 saturated carbocycles. The van der Waals surface area contributed by atoms with Gasteiger partial charge in [0.2, 0.25) is 0 Å². The summed E-state index contributed by atoms with van der Waals surface area (Å²) in [6.45, 7) is 4.76. The highest BCUT2D eigenvalue weighted by Gasteiger charge is 2.24. The molecule has 3 rings (SSSR count). The first-order valence-corrected chi connectivity index (χ1v) is 7.47. The maximum Gasteiger partial charge on any atom is 0.119 e. The lowest BCUT2D eigenvalue weighted by molar-refractivity contribution is 0.191. The fourth-order valence-corrected chi connectivity index (χ4v) is 3.38. The van der Waals surface area contributed by atoms with Gasteiger partial charge >= 0.3 is 0 Å². The Balaban J connectivity index is 1.73. The van der Waals surface area contributed by atoms with Crippen LogP contribution in [0.5, 0.6) is 5.75 Å². The number of aryl methyl sites for hydroxylation is 1. The second kappa shape index (κ2) is 5.93. The van der Waals surface area contributed by atoms with E-state index in [1.54, 1.807) is 7.11 Å². The van der Waals surface area contributed by atoms with Gasteiger partial charge in [-0.15, -0.1) is 0 Å². The quantitative estimate of drug-likeness (QED) is 0.878. The molecule has 0 bridgehead atoms. The van der Waals surface area contributed by atoms with Crippen molar-refractivity contribution in [3.05, 3.63) is 29.3 Å². The lowest BCUT2D eigenvalue weighted by atomic mass is 9.87. The standard InChI is InChI=1S/C16H24N2O/c1-19-16-6-4-13-3-5-15(11-14(13)12-16)18-9-2-7-17-8-10-18/h4,6,12,15,17H,2-3,5,7-11H2,1H3/t15-/m0/s1. The summed E-state index contributed by atoms with van der Waals surface area (Å²) in [7, 11) is 1.75. The van der Waals surface area contributed by atoms with Crippen LogP contribution in [0.3, 0.4) is 0 Å². The maximum absolute atomic E-state index is 5.36. The third kappa shape index (κ3) is 2.93. The summed E-state index contributed by atoms with van der Waals surface area (Å²) in [5, 5.41) is 3.49. The number of ether oxygens (including phenoxy) is 1. The number of benzene rings is 1. The van der Waals surface area contributed by atoms with Crippen molar-refractivity contribution in [1.82, 2.24) is 10.2 Å². The topological polar surface area (TPSA) is 24.5 Å². The molecule has 0 aromatic heterocycles. The number of nitrogens with one attached hydrogen (secondary N) is 1. The van der Waals surface area contributed by atoms with E-state index >= 15 is 0 Å². The Hall–Kier alpha value is -1.06. The van der Waals surface area contributed by atoms with Crippen LogP contribution in [0, 0.1) is 0 Å². The first-order chi connectivity index (χ1) is 9.36. The molecular weight excluding hydrogens is 236 g/mol. The van der Waals surface area contributed by atoms with Gasteiger partial charge in [0.25, 0.3) is 0 Å². The van der Waals surface area contributed by atoms with Crippen LogP contribution in [0.4, 0.5) is 0 Å².